The van der Waals surface area contributed by atoms with Crippen LogP contribution < -0.4 is 16.7 Å². The number of hydrogen-bond donors (Lipinski definition) is 4. The molecule has 2 aromatic heterocycles. The smallest absolute Gasteiger partial charge is 0.343 e. The number of esters is 1. The largest absolute Gasteiger partial charge is 0.458 e. The van der Waals surface area contributed by atoms with Crippen LogP contribution in [0, 0.1) is 0 Å². The van der Waals surface area contributed by atoms with Crippen molar-refractivity contribution >= 4 is 41.4 Å². The van der Waals surface area contributed by atoms with Gasteiger partial charge in [0.25, 0.3) is 11.5 Å². The van der Waals surface area contributed by atoms with Crippen molar-refractivity contribution in [2.75, 3.05) is 6.61 Å². The molecule has 0 bridgehead atoms. The Hall–Kier alpha value is -3.64. The quantitative estimate of drug-likeness (QED) is 0.167. The zero-order chi connectivity index (χ0) is 24.9. The second-order valence-corrected chi connectivity index (χ2v) is 8.50. The fraction of sp³-hybridized carbons (Fsp3) is 0.292. The minimum Gasteiger partial charge on any atom is -0.458 e. The lowest BCUT2D eigenvalue weighted by atomic mass is 9.86. The molecule has 0 saturated heterocycles. The van der Waals surface area contributed by atoms with E-state index in [0.29, 0.717) is 28.0 Å². The summed E-state index contributed by atoms with van der Waals surface area (Å²) in [7, 11) is 0. The number of fused-ring (bicyclic) bond motifs is 5. The number of hydrogen-bond acceptors (Lipinski definition) is 9. The normalized spacial score (nSPS) is 18.7. The van der Waals surface area contributed by atoms with Gasteiger partial charge in [0.05, 0.1) is 41.8 Å². The Balaban J connectivity index is 0.00000304. The number of aromatic nitrogens is 2. The lowest BCUT2D eigenvalue weighted by Crippen LogP contribution is -2.44. The van der Waals surface area contributed by atoms with Gasteiger partial charge in [-0.2, -0.15) is 5.10 Å². The molecule has 5 N–H and O–H groups in total. The van der Waals surface area contributed by atoms with Crippen LogP contribution in [0.25, 0.3) is 22.3 Å². The Labute approximate surface area is 211 Å². The molecule has 0 aliphatic carbocycles. The van der Waals surface area contributed by atoms with Gasteiger partial charge in [-0.15, -0.1) is 12.4 Å². The van der Waals surface area contributed by atoms with Crippen molar-refractivity contribution in [2.24, 2.45) is 10.8 Å². The average Bonchev–Trinajstić information content (AvgIpc) is 3.24. The molecule has 1 unspecified atom stereocenters. The molecule has 0 spiro atoms. The van der Waals surface area contributed by atoms with Crippen LogP contribution in [-0.2, 0) is 33.1 Å². The number of ether oxygens (including phenoxy) is 1. The molecule has 188 valence electrons. The van der Waals surface area contributed by atoms with Gasteiger partial charge in [-0.25, -0.2) is 15.2 Å². The topological polar surface area (TPSA) is 169 Å². The van der Waals surface area contributed by atoms with E-state index >= 15 is 0 Å². The third kappa shape index (κ3) is 3.77. The molecule has 2 atom stereocenters. The second-order valence-electron chi connectivity index (χ2n) is 8.50. The van der Waals surface area contributed by atoms with E-state index in [0.717, 1.165) is 5.39 Å². The highest BCUT2D eigenvalue weighted by atomic mass is 35.5. The molecule has 11 nitrogen and oxygen atoms in total. The molecule has 0 saturated carbocycles. The average molecular weight is 514 g/mol. The van der Waals surface area contributed by atoms with Crippen molar-refractivity contribution in [3.8, 4) is 11.4 Å². The van der Waals surface area contributed by atoms with Crippen LogP contribution in [0.5, 0.6) is 0 Å². The second kappa shape index (κ2) is 9.43. The van der Waals surface area contributed by atoms with E-state index in [1.54, 1.807) is 13.0 Å². The monoisotopic (exact) mass is 513 g/mol. The summed E-state index contributed by atoms with van der Waals surface area (Å²) >= 11 is 0. The van der Waals surface area contributed by atoms with Gasteiger partial charge in [0.15, 0.2) is 5.60 Å². The number of aliphatic hydroxyl groups excluding tert-OH is 1. The summed E-state index contributed by atoms with van der Waals surface area (Å²) in [6.07, 6.45) is 1.50. The Morgan fingerprint density at radius 1 is 1.36 bits per heavy atom. The van der Waals surface area contributed by atoms with Crippen molar-refractivity contribution < 1.29 is 24.5 Å². The SMILES string of the molecule is CC[C@@]1(O)C(=O)OCc2c1cc1n(c2=O)Cc2c-1nc1ccccc1c2/C=N/NC(=O)C(N)CO.Cl. The maximum atomic E-state index is 13.4. The number of cyclic esters (lactones) is 1. The molecule has 4 heterocycles. The zero-order valence-electron chi connectivity index (χ0n) is 19.2. The Morgan fingerprint density at radius 3 is 2.83 bits per heavy atom. The lowest BCUT2D eigenvalue weighted by molar-refractivity contribution is -0.172. The number of carbonyl (C=O) groups excluding carboxylic acids is 2. The molecule has 0 fully saturated rings. The number of benzene rings is 1. The molecule has 5 rings (SSSR count). The molecule has 2 aliphatic rings. The highest BCUT2D eigenvalue weighted by Gasteiger charge is 2.45. The van der Waals surface area contributed by atoms with Crippen LogP contribution in [0.4, 0.5) is 0 Å². The van der Waals surface area contributed by atoms with Crippen molar-refractivity contribution in [3.63, 3.8) is 0 Å². The predicted octanol–water partition coefficient (Wildman–Crippen LogP) is 0.271. The van der Waals surface area contributed by atoms with Crippen molar-refractivity contribution in [1.82, 2.24) is 15.0 Å². The van der Waals surface area contributed by atoms with Crippen LogP contribution in [0.2, 0.25) is 0 Å². The van der Waals surface area contributed by atoms with Crippen molar-refractivity contribution in [2.45, 2.75) is 38.1 Å². The number of aliphatic hydroxyl groups is 2. The van der Waals surface area contributed by atoms with E-state index < -0.39 is 30.1 Å². The molecule has 36 heavy (non-hydrogen) atoms. The zero-order valence-corrected chi connectivity index (χ0v) is 20.0. The van der Waals surface area contributed by atoms with Gasteiger partial charge in [0, 0.05) is 22.1 Å². The van der Waals surface area contributed by atoms with Crippen LogP contribution >= 0.6 is 12.4 Å². The van der Waals surface area contributed by atoms with Gasteiger partial charge in [-0.1, -0.05) is 25.1 Å². The summed E-state index contributed by atoms with van der Waals surface area (Å²) in [6.45, 7) is 1.09. The summed E-state index contributed by atoms with van der Waals surface area (Å²) < 4.78 is 6.64. The third-order valence-electron chi connectivity index (χ3n) is 6.54. The highest BCUT2D eigenvalue weighted by Crippen LogP contribution is 2.39. The number of carbonyl (C=O) groups is 2. The number of rotatable bonds is 5. The van der Waals surface area contributed by atoms with E-state index in [9.17, 15) is 19.5 Å². The molecule has 1 aromatic carbocycles. The van der Waals surface area contributed by atoms with Gasteiger partial charge >= 0.3 is 5.97 Å². The van der Waals surface area contributed by atoms with Crippen LogP contribution in [0.1, 0.15) is 35.6 Å². The molecule has 2 aliphatic heterocycles. The molecule has 12 heteroatoms. The molecular weight excluding hydrogens is 490 g/mol. The number of hydrazone groups is 1. The standard InChI is InChI=1S/C24H23N5O6.ClH/c1-2-24(34)16-7-19-20-14(9-29(19)22(32)15(16)11-35-23(24)33)13(8-26-28-21(31)17(25)10-30)12-5-3-4-6-18(12)27-20;/h3-8,17,30,34H,2,9-11,25H2,1H3,(H,28,31);1H/b26-8+;/t17?,24-;/m0./s1. The molecular formula is C24H24ClN5O6. The summed E-state index contributed by atoms with van der Waals surface area (Å²) in [6, 6.07) is 7.85. The van der Waals surface area contributed by atoms with E-state index in [4.69, 9.17) is 20.6 Å². The van der Waals surface area contributed by atoms with Gasteiger partial charge in [-0.05, 0) is 18.6 Å². The van der Waals surface area contributed by atoms with Crippen molar-refractivity contribution in [3.05, 3.63) is 62.9 Å². The van der Waals surface area contributed by atoms with E-state index in [1.807, 2.05) is 24.3 Å². The maximum Gasteiger partial charge on any atom is 0.343 e. The summed E-state index contributed by atoms with van der Waals surface area (Å²) in [4.78, 5) is 42.5. The van der Waals surface area contributed by atoms with E-state index in [-0.39, 0.29) is 48.7 Å². The fourth-order valence-electron chi connectivity index (χ4n) is 4.53. The Morgan fingerprint density at radius 2 is 2.11 bits per heavy atom. The predicted molar refractivity (Wildman–Crippen MR) is 133 cm³/mol. The Kier molecular flexibility index (Phi) is 6.67. The first-order valence-electron chi connectivity index (χ1n) is 11.1. The first-order chi connectivity index (χ1) is 16.8. The number of amides is 1. The summed E-state index contributed by atoms with van der Waals surface area (Å²) in [5.41, 5.74) is 8.96. The van der Waals surface area contributed by atoms with E-state index in [2.05, 4.69) is 10.5 Å². The summed E-state index contributed by atoms with van der Waals surface area (Å²) in [5.74, 6) is -1.43. The van der Waals surface area contributed by atoms with Gasteiger partial charge in [-0.3, -0.25) is 9.59 Å². The van der Waals surface area contributed by atoms with Gasteiger partial charge in [0.1, 0.15) is 12.6 Å². The van der Waals surface area contributed by atoms with E-state index in [1.165, 1.54) is 10.8 Å². The van der Waals surface area contributed by atoms with Gasteiger partial charge in [0.2, 0.25) is 0 Å². The summed E-state index contributed by atoms with van der Waals surface area (Å²) in [5, 5.41) is 24.8. The maximum absolute atomic E-state index is 13.4. The van der Waals surface area contributed by atoms with Crippen LogP contribution in [-0.4, -0.2) is 50.5 Å². The number of halogens is 1. The van der Waals surface area contributed by atoms with Crippen LogP contribution in [0.3, 0.4) is 0 Å². The first kappa shape index (κ1) is 25.5. The number of para-hydroxylation sites is 1. The van der Waals surface area contributed by atoms with Gasteiger partial charge < -0.3 is 25.3 Å². The third-order valence-corrected chi connectivity index (χ3v) is 6.54. The lowest BCUT2D eigenvalue weighted by Gasteiger charge is -2.31. The molecule has 0 radical (unpaired) electrons. The number of nitrogens with zero attached hydrogens (tertiary/aromatic N) is 3. The molecule has 1 amide bonds. The minimum atomic E-state index is -1.91. The number of nitrogens with two attached hydrogens (primary N) is 1. The molecule has 3 aromatic rings. The Bertz CT molecular complexity index is 1490. The fourth-order valence-corrected chi connectivity index (χ4v) is 4.53. The van der Waals surface area contributed by atoms with Crippen molar-refractivity contribution in [1.29, 1.82) is 0 Å². The van der Waals surface area contributed by atoms with Crippen LogP contribution in [0.15, 0.2) is 40.2 Å². The highest BCUT2D eigenvalue weighted by molar-refractivity contribution is 6.02. The minimum absolute atomic E-state index is 0. The number of nitrogens with one attached hydrogen (secondary N) is 1. The number of pyridine rings is 2. The first-order valence-corrected chi connectivity index (χ1v) is 11.1.